The van der Waals surface area contributed by atoms with E-state index in [0.717, 1.165) is 38.5 Å². The van der Waals surface area contributed by atoms with Crippen LogP contribution in [0.25, 0.3) is 21.3 Å². The minimum atomic E-state index is 0.545. The Kier molecular flexibility index (Phi) is 3.98. The summed E-state index contributed by atoms with van der Waals surface area (Å²) in [6, 6.07) is 12.1. The molecule has 0 radical (unpaired) electrons. The van der Waals surface area contributed by atoms with E-state index in [1.165, 1.54) is 0 Å². The molecule has 0 bridgehead atoms. The molecule has 120 valence electrons. The Bertz CT molecular complexity index is 945. The van der Waals surface area contributed by atoms with E-state index in [4.69, 9.17) is 10.2 Å². The van der Waals surface area contributed by atoms with Crippen LogP contribution in [-0.4, -0.2) is 9.97 Å². The summed E-state index contributed by atoms with van der Waals surface area (Å²) in [5, 5.41) is 6.51. The molecule has 3 N–H and O–H groups in total. The number of aromatic nitrogens is 2. The Morgan fingerprint density at radius 3 is 2.75 bits per heavy atom. The molecule has 0 unspecified atom stereocenters. The fourth-order valence-corrected chi connectivity index (χ4v) is 3.54. The number of hydrogen-bond acceptors (Lipinski definition) is 6. The lowest BCUT2D eigenvalue weighted by Gasteiger charge is -2.07. The third kappa shape index (κ3) is 2.77. The van der Waals surface area contributed by atoms with E-state index in [9.17, 15) is 0 Å². The molecular weight excluding hydrogens is 320 g/mol. The van der Waals surface area contributed by atoms with E-state index in [1.54, 1.807) is 23.9 Å². The smallest absolute Gasteiger partial charge is 0.139 e. The highest BCUT2D eigenvalue weighted by molar-refractivity contribution is 7.17. The Morgan fingerprint density at radius 1 is 1.12 bits per heavy atom. The molecule has 0 spiro atoms. The molecule has 3 heterocycles. The predicted molar refractivity (Wildman–Crippen MR) is 96.8 cm³/mol. The van der Waals surface area contributed by atoms with Crippen molar-refractivity contribution in [3.8, 4) is 11.1 Å². The SMILES string of the molecule is NCc1ccc(-c2csc3ncnc(NCc4ccco4)c23)cc1. The maximum Gasteiger partial charge on any atom is 0.139 e. The molecule has 0 aliphatic rings. The second-order valence-corrected chi connectivity index (χ2v) is 6.24. The first-order valence-electron chi connectivity index (χ1n) is 7.63. The predicted octanol–water partition coefficient (Wildman–Crippen LogP) is 4.02. The van der Waals surface area contributed by atoms with Gasteiger partial charge < -0.3 is 15.5 Å². The van der Waals surface area contributed by atoms with Gasteiger partial charge in [-0.05, 0) is 23.3 Å². The molecule has 6 heteroatoms. The second-order valence-electron chi connectivity index (χ2n) is 5.39. The minimum absolute atomic E-state index is 0.545. The lowest BCUT2D eigenvalue weighted by atomic mass is 10.0. The average Bonchev–Trinajstić information content (AvgIpc) is 3.30. The van der Waals surface area contributed by atoms with E-state index in [-0.39, 0.29) is 0 Å². The van der Waals surface area contributed by atoms with Crippen LogP contribution in [0.3, 0.4) is 0 Å². The van der Waals surface area contributed by atoms with Gasteiger partial charge in [-0.3, -0.25) is 0 Å². The molecule has 4 rings (SSSR count). The number of benzene rings is 1. The molecule has 0 atom stereocenters. The number of nitrogens with zero attached hydrogens (tertiary/aromatic N) is 2. The molecule has 0 amide bonds. The first kappa shape index (κ1) is 14.9. The van der Waals surface area contributed by atoms with Gasteiger partial charge in [0.25, 0.3) is 0 Å². The van der Waals surface area contributed by atoms with E-state index < -0.39 is 0 Å². The van der Waals surface area contributed by atoms with Crippen molar-refractivity contribution in [3.63, 3.8) is 0 Å². The normalized spacial score (nSPS) is 11.0. The number of nitrogens with two attached hydrogens (primary N) is 1. The average molecular weight is 336 g/mol. The summed E-state index contributed by atoms with van der Waals surface area (Å²) in [6.07, 6.45) is 3.26. The van der Waals surface area contributed by atoms with Crippen LogP contribution in [-0.2, 0) is 13.1 Å². The van der Waals surface area contributed by atoms with Crippen LogP contribution in [0.2, 0.25) is 0 Å². The molecule has 0 saturated carbocycles. The molecule has 3 aromatic heterocycles. The Labute approximate surface area is 143 Å². The van der Waals surface area contributed by atoms with Crippen LogP contribution in [0, 0.1) is 0 Å². The van der Waals surface area contributed by atoms with Crippen LogP contribution >= 0.6 is 11.3 Å². The van der Waals surface area contributed by atoms with Gasteiger partial charge in [0, 0.05) is 17.5 Å². The fraction of sp³-hybridized carbons (Fsp3) is 0.111. The van der Waals surface area contributed by atoms with Crippen molar-refractivity contribution >= 4 is 27.4 Å². The molecule has 0 saturated heterocycles. The molecule has 0 fully saturated rings. The highest BCUT2D eigenvalue weighted by atomic mass is 32.1. The fourth-order valence-electron chi connectivity index (χ4n) is 2.63. The summed E-state index contributed by atoms with van der Waals surface area (Å²) in [5.41, 5.74) is 9.06. The highest BCUT2D eigenvalue weighted by Gasteiger charge is 2.13. The molecular formula is C18H16N4OS. The van der Waals surface area contributed by atoms with Gasteiger partial charge in [0.2, 0.25) is 0 Å². The molecule has 24 heavy (non-hydrogen) atoms. The minimum Gasteiger partial charge on any atom is -0.467 e. The summed E-state index contributed by atoms with van der Waals surface area (Å²) in [7, 11) is 0. The van der Waals surface area contributed by atoms with Crippen LogP contribution in [0.5, 0.6) is 0 Å². The Balaban J connectivity index is 1.73. The summed E-state index contributed by atoms with van der Waals surface area (Å²) in [6.45, 7) is 1.13. The first-order valence-corrected chi connectivity index (χ1v) is 8.51. The van der Waals surface area contributed by atoms with Crippen molar-refractivity contribution in [2.45, 2.75) is 13.1 Å². The van der Waals surface area contributed by atoms with Crippen molar-refractivity contribution in [2.75, 3.05) is 5.32 Å². The summed E-state index contributed by atoms with van der Waals surface area (Å²) in [4.78, 5) is 9.77. The van der Waals surface area contributed by atoms with E-state index in [1.807, 2.05) is 12.1 Å². The molecule has 5 nitrogen and oxygen atoms in total. The third-order valence-electron chi connectivity index (χ3n) is 3.88. The highest BCUT2D eigenvalue weighted by Crippen LogP contribution is 2.36. The van der Waals surface area contributed by atoms with E-state index in [2.05, 4.69) is 44.9 Å². The van der Waals surface area contributed by atoms with Gasteiger partial charge in [-0.2, -0.15) is 0 Å². The zero-order chi connectivity index (χ0) is 16.4. The Hall–Kier alpha value is -2.70. The molecule has 0 aliphatic heterocycles. The van der Waals surface area contributed by atoms with Gasteiger partial charge in [0.1, 0.15) is 22.7 Å². The zero-order valence-corrected chi connectivity index (χ0v) is 13.7. The van der Waals surface area contributed by atoms with Gasteiger partial charge in [-0.15, -0.1) is 11.3 Å². The van der Waals surface area contributed by atoms with Crippen molar-refractivity contribution in [3.05, 3.63) is 65.7 Å². The van der Waals surface area contributed by atoms with Crippen LogP contribution in [0.15, 0.2) is 58.8 Å². The van der Waals surface area contributed by atoms with Gasteiger partial charge in [0.05, 0.1) is 18.2 Å². The van der Waals surface area contributed by atoms with Crippen LogP contribution in [0.4, 0.5) is 5.82 Å². The second kappa shape index (κ2) is 6.43. The monoisotopic (exact) mass is 336 g/mol. The zero-order valence-electron chi connectivity index (χ0n) is 12.9. The molecule has 4 aromatic rings. The lowest BCUT2D eigenvalue weighted by molar-refractivity contribution is 0.518. The standard InChI is InChI=1S/C18H16N4OS/c19-8-12-3-5-13(6-4-12)15-10-24-18-16(15)17(21-11-22-18)20-9-14-2-1-7-23-14/h1-7,10-11H,8-9,19H2,(H,20,21,22). The van der Waals surface area contributed by atoms with Crippen molar-refractivity contribution in [1.82, 2.24) is 9.97 Å². The Morgan fingerprint density at radius 2 is 2.00 bits per heavy atom. The maximum absolute atomic E-state index is 5.68. The number of anilines is 1. The topological polar surface area (TPSA) is 77.0 Å². The van der Waals surface area contributed by atoms with E-state index >= 15 is 0 Å². The van der Waals surface area contributed by atoms with Gasteiger partial charge in [-0.25, -0.2) is 9.97 Å². The number of furan rings is 1. The van der Waals surface area contributed by atoms with E-state index in [0.29, 0.717) is 13.1 Å². The van der Waals surface area contributed by atoms with Gasteiger partial charge in [0.15, 0.2) is 0 Å². The summed E-state index contributed by atoms with van der Waals surface area (Å²) in [5.74, 6) is 1.68. The van der Waals surface area contributed by atoms with Crippen molar-refractivity contribution in [2.24, 2.45) is 5.73 Å². The number of nitrogens with one attached hydrogen (secondary N) is 1. The van der Waals surface area contributed by atoms with Crippen LogP contribution in [0.1, 0.15) is 11.3 Å². The number of hydrogen-bond donors (Lipinski definition) is 2. The lowest BCUT2D eigenvalue weighted by Crippen LogP contribution is -2.01. The van der Waals surface area contributed by atoms with Crippen molar-refractivity contribution < 1.29 is 4.42 Å². The third-order valence-corrected chi connectivity index (χ3v) is 4.77. The largest absolute Gasteiger partial charge is 0.467 e. The number of fused-ring (bicyclic) bond motifs is 1. The quantitative estimate of drug-likeness (QED) is 0.575. The number of rotatable bonds is 5. The number of thiophene rings is 1. The summed E-state index contributed by atoms with van der Waals surface area (Å²) < 4.78 is 5.37. The summed E-state index contributed by atoms with van der Waals surface area (Å²) >= 11 is 1.62. The maximum atomic E-state index is 5.68. The van der Waals surface area contributed by atoms with Crippen molar-refractivity contribution in [1.29, 1.82) is 0 Å². The van der Waals surface area contributed by atoms with Gasteiger partial charge >= 0.3 is 0 Å². The molecule has 0 aliphatic carbocycles. The first-order chi connectivity index (χ1) is 11.8. The molecule has 1 aromatic carbocycles. The van der Waals surface area contributed by atoms with Gasteiger partial charge in [-0.1, -0.05) is 24.3 Å². The van der Waals surface area contributed by atoms with Crippen LogP contribution < -0.4 is 11.1 Å².